The molecule has 0 radical (unpaired) electrons. The van der Waals surface area contributed by atoms with Gasteiger partial charge in [-0.25, -0.2) is 9.69 Å². The number of aromatic nitrogens is 2. The summed E-state index contributed by atoms with van der Waals surface area (Å²) in [4.78, 5) is 28.3. The minimum absolute atomic E-state index is 0.0467. The summed E-state index contributed by atoms with van der Waals surface area (Å²) >= 11 is 0. The second kappa shape index (κ2) is 10.4. The lowest BCUT2D eigenvalue weighted by Crippen LogP contribution is -2.41. The topological polar surface area (TPSA) is 104 Å². The number of benzene rings is 3. The summed E-state index contributed by atoms with van der Waals surface area (Å²) in [6, 6.07) is 23.4. The quantitative estimate of drug-likeness (QED) is 0.313. The minimum atomic E-state index is -1.79. The molecule has 194 valence electrons. The highest BCUT2D eigenvalue weighted by atomic mass is 16.6. The average molecular weight is 514 g/mol. The largest absolute Gasteiger partial charge is 0.497 e. The van der Waals surface area contributed by atoms with E-state index in [1.807, 2.05) is 72.8 Å². The zero-order valence-corrected chi connectivity index (χ0v) is 21.3. The van der Waals surface area contributed by atoms with E-state index in [0.29, 0.717) is 11.5 Å². The molecule has 5 rings (SSSR count). The third-order valence-electron chi connectivity index (χ3n) is 6.57. The molecule has 2 atom stereocenters. The Morgan fingerprint density at radius 1 is 0.868 bits per heavy atom. The number of imide groups is 1. The van der Waals surface area contributed by atoms with E-state index in [2.05, 4.69) is 10.2 Å². The third kappa shape index (κ3) is 4.70. The van der Waals surface area contributed by atoms with Crippen molar-refractivity contribution >= 4 is 12.0 Å². The molecular weight excluding hydrogens is 486 g/mol. The summed E-state index contributed by atoms with van der Waals surface area (Å²) in [7, 11) is 3.14. The van der Waals surface area contributed by atoms with Crippen LogP contribution >= 0.6 is 0 Å². The number of nitrogens with zero attached hydrogens (tertiary/aromatic N) is 3. The highest BCUT2D eigenvalue weighted by Crippen LogP contribution is 2.41. The Labute approximate surface area is 220 Å². The number of amides is 2. The van der Waals surface area contributed by atoms with Gasteiger partial charge in [-0.15, -0.1) is 10.2 Å². The molecule has 1 aliphatic heterocycles. The molecule has 0 aliphatic carbocycles. The Balaban J connectivity index is 1.51. The number of carbonyl (C=O) groups is 2. The van der Waals surface area contributed by atoms with Gasteiger partial charge in [-0.05, 0) is 35.7 Å². The molecule has 0 bridgehead atoms. The Kier molecular flexibility index (Phi) is 6.83. The van der Waals surface area contributed by atoms with Gasteiger partial charge < -0.3 is 18.6 Å². The third-order valence-corrected chi connectivity index (χ3v) is 6.57. The van der Waals surface area contributed by atoms with E-state index in [1.165, 1.54) is 0 Å². The van der Waals surface area contributed by atoms with E-state index >= 15 is 0 Å². The van der Waals surface area contributed by atoms with Crippen LogP contribution in [0.4, 0.5) is 4.79 Å². The van der Waals surface area contributed by atoms with Gasteiger partial charge in [0.1, 0.15) is 11.5 Å². The molecule has 9 nitrogen and oxygen atoms in total. The van der Waals surface area contributed by atoms with Gasteiger partial charge in [-0.2, -0.15) is 0 Å². The predicted octanol–water partition coefficient (Wildman–Crippen LogP) is 4.86. The Morgan fingerprint density at radius 2 is 1.50 bits per heavy atom. The standard InChI is InChI=1S/C29H27N3O6/c1-19(22-12-8-5-9-13-22)32-27(33)29(38-28(32)34,18-20-10-6-4-7-11-20)26-31-30-25(37-26)16-21-14-23(35-2)17-24(15-21)36-3/h4-15,17,19H,16,18H2,1-3H3/t19-,29-/m1/s1. The molecule has 3 aromatic carbocycles. The Morgan fingerprint density at radius 3 is 2.13 bits per heavy atom. The fourth-order valence-electron chi connectivity index (χ4n) is 4.57. The second-order valence-electron chi connectivity index (χ2n) is 9.02. The first-order chi connectivity index (χ1) is 18.4. The number of carbonyl (C=O) groups excluding carboxylic acids is 2. The van der Waals surface area contributed by atoms with Crippen LogP contribution < -0.4 is 9.47 Å². The maximum atomic E-state index is 14.0. The fraction of sp³-hybridized carbons (Fsp3) is 0.241. The number of ether oxygens (including phenoxy) is 3. The van der Waals surface area contributed by atoms with Crippen LogP contribution in [0.3, 0.4) is 0 Å². The van der Waals surface area contributed by atoms with E-state index in [9.17, 15) is 9.59 Å². The van der Waals surface area contributed by atoms with Gasteiger partial charge in [-0.1, -0.05) is 60.7 Å². The molecule has 0 spiro atoms. The Bertz CT molecular complexity index is 1420. The lowest BCUT2D eigenvalue weighted by molar-refractivity contribution is -0.140. The van der Waals surface area contributed by atoms with Crippen molar-refractivity contribution in [1.82, 2.24) is 15.1 Å². The molecule has 1 aromatic heterocycles. The van der Waals surface area contributed by atoms with E-state index in [1.54, 1.807) is 27.2 Å². The normalized spacial score (nSPS) is 17.8. The summed E-state index contributed by atoms with van der Waals surface area (Å²) in [6.45, 7) is 1.78. The minimum Gasteiger partial charge on any atom is -0.497 e. The van der Waals surface area contributed by atoms with Crippen molar-refractivity contribution in [3.05, 3.63) is 107 Å². The molecule has 4 aromatic rings. The molecule has 38 heavy (non-hydrogen) atoms. The molecule has 0 unspecified atom stereocenters. The summed E-state index contributed by atoms with van der Waals surface area (Å²) in [6.07, 6.45) is -0.459. The molecule has 1 saturated heterocycles. The van der Waals surface area contributed by atoms with E-state index < -0.39 is 23.6 Å². The molecule has 0 saturated carbocycles. The van der Waals surface area contributed by atoms with Crippen LogP contribution in [0.1, 0.15) is 41.4 Å². The van der Waals surface area contributed by atoms with Crippen molar-refractivity contribution in [2.75, 3.05) is 14.2 Å². The van der Waals surface area contributed by atoms with Gasteiger partial charge in [-0.3, -0.25) is 4.79 Å². The van der Waals surface area contributed by atoms with E-state index in [4.69, 9.17) is 18.6 Å². The monoisotopic (exact) mass is 513 g/mol. The number of methoxy groups -OCH3 is 2. The van der Waals surface area contributed by atoms with Crippen LogP contribution in [0, 0.1) is 0 Å². The van der Waals surface area contributed by atoms with Crippen LogP contribution in [0.2, 0.25) is 0 Å². The summed E-state index contributed by atoms with van der Waals surface area (Å²) in [5, 5.41) is 8.38. The first kappa shape index (κ1) is 25.0. The molecule has 0 N–H and O–H groups in total. The predicted molar refractivity (Wildman–Crippen MR) is 137 cm³/mol. The highest BCUT2D eigenvalue weighted by molar-refractivity contribution is 6.03. The zero-order chi connectivity index (χ0) is 26.7. The van der Waals surface area contributed by atoms with Crippen molar-refractivity contribution in [2.24, 2.45) is 0 Å². The van der Waals surface area contributed by atoms with E-state index in [0.717, 1.165) is 21.6 Å². The number of hydrogen-bond acceptors (Lipinski definition) is 8. The first-order valence-corrected chi connectivity index (χ1v) is 12.1. The van der Waals surface area contributed by atoms with Gasteiger partial charge >= 0.3 is 6.09 Å². The molecule has 2 heterocycles. The van der Waals surface area contributed by atoms with Crippen LogP contribution in [0.5, 0.6) is 11.5 Å². The maximum Gasteiger partial charge on any atom is 0.418 e. The van der Waals surface area contributed by atoms with Gasteiger partial charge in [0.05, 0.1) is 26.7 Å². The van der Waals surface area contributed by atoms with Crippen LogP contribution in [-0.2, 0) is 28.0 Å². The molecule has 9 heteroatoms. The van der Waals surface area contributed by atoms with Gasteiger partial charge in [0, 0.05) is 12.5 Å². The van der Waals surface area contributed by atoms with Crippen LogP contribution in [0.25, 0.3) is 0 Å². The Hall–Kier alpha value is -4.66. The van der Waals surface area contributed by atoms with Gasteiger partial charge in [0.25, 0.3) is 17.4 Å². The van der Waals surface area contributed by atoms with Crippen LogP contribution in [-0.4, -0.2) is 41.3 Å². The highest BCUT2D eigenvalue weighted by Gasteiger charge is 2.60. The summed E-state index contributed by atoms with van der Waals surface area (Å²) < 4.78 is 22.6. The molecule has 1 aliphatic rings. The number of cyclic esters (lactones) is 1. The van der Waals surface area contributed by atoms with Gasteiger partial charge in [0.15, 0.2) is 0 Å². The maximum absolute atomic E-state index is 14.0. The summed E-state index contributed by atoms with van der Waals surface area (Å²) in [5.74, 6) is 0.851. The number of rotatable bonds is 9. The molecule has 2 amide bonds. The average Bonchev–Trinajstić information content (AvgIpc) is 3.51. The van der Waals surface area contributed by atoms with Crippen molar-refractivity contribution in [1.29, 1.82) is 0 Å². The lowest BCUT2D eigenvalue weighted by Gasteiger charge is -2.23. The lowest BCUT2D eigenvalue weighted by atomic mass is 9.92. The smallest absolute Gasteiger partial charge is 0.418 e. The first-order valence-electron chi connectivity index (χ1n) is 12.1. The fourth-order valence-corrected chi connectivity index (χ4v) is 4.57. The molecule has 1 fully saturated rings. The zero-order valence-electron chi connectivity index (χ0n) is 21.3. The molecular formula is C29H27N3O6. The van der Waals surface area contributed by atoms with Crippen molar-refractivity contribution < 1.29 is 28.2 Å². The van der Waals surface area contributed by atoms with Crippen molar-refractivity contribution in [3.63, 3.8) is 0 Å². The van der Waals surface area contributed by atoms with Crippen molar-refractivity contribution in [3.8, 4) is 11.5 Å². The summed E-state index contributed by atoms with van der Waals surface area (Å²) in [5.41, 5.74) is 0.591. The second-order valence-corrected chi connectivity index (χ2v) is 9.02. The van der Waals surface area contributed by atoms with E-state index in [-0.39, 0.29) is 24.6 Å². The van der Waals surface area contributed by atoms with Gasteiger partial charge in [0.2, 0.25) is 5.89 Å². The van der Waals surface area contributed by atoms with Crippen molar-refractivity contribution in [2.45, 2.75) is 31.4 Å². The number of hydrogen-bond donors (Lipinski definition) is 0. The SMILES string of the molecule is COc1cc(Cc2nnc([C@@]3(Cc4ccccc4)OC(=O)N([C@H](C)c4ccccc4)C3=O)o2)cc(OC)c1. The van der Waals surface area contributed by atoms with Crippen LogP contribution in [0.15, 0.2) is 83.3 Å².